The highest BCUT2D eigenvalue weighted by molar-refractivity contribution is 6.12. The molecule has 2 amide bonds. The van der Waals surface area contributed by atoms with Crippen LogP contribution >= 0.6 is 0 Å². The fraction of sp³-hybridized carbons (Fsp3) is 0.500. The van der Waals surface area contributed by atoms with Crippen molar-refractivity contribution < 1.29 is 23.5 Å². The molecule has 0 spiro atoms. The lowest BCUT2D eigenvalue weighted by Gasteiger charge is -2.35. The molecule has 1 aromatic carbocycles. The molecule has 0 radical (unpaired) electrons. The van der Waals surface area contributed by atoms with Crippen molar-refractivity contribution in [1.82, 2.24) is 15.3 Å². The van der Waals surface area contributed by atoms with Gasteiger partial charge in [0.25, 0.3) is 5.91 Å². The third-order valence-electron chi connectivity index (χ3n) is 7.96. The molecule has 41 heavy (non-hydrogen) atoms. The fourth-order valence-corrected chi connectivity index (χ4v) is 6.15. The minimum Gasteiger partial charge on any atom is -0.444 e. The van der Waals surface area contributed by atoms with Crippen LogP contribution in [0, 0.1) is 11.7 Å². The summed E-state index contributed by atoms with van der Waals surface area (Å²) in [5.41, 5.74) is 2.58. The van der Waals surface area contributed by atoms with Gasteiger partial charge in [-0.25, -0.2) is 9.18 Å². The average molecular weight is 563 g/mol. The first-order valence-corrected chi connectivity index (χ1v) is 14.5. The maximum atomic E-state index is 14.9. The van der Waals surface area contributed by atoms with Crippen molar-refractivity contribution in [2.24, 2.45) is 5.92 Å². The van der Waals surface area contributed by atoms with Crippen LogP contribution < -0.4 is 10.6 Å². The van der Waals surface area contributed by atoms with E-state index in [0.717, 1.165) is 36.8 Å². The van der Waals surface area contributed by atoms with Gasteiger partial charge in [0.05, 0.1) is 23.0 Å². The van der Waals surface area contributed by atoms with Gasteiger partial charge in [-0.2, -0.15) is 0 Å². The predicted molar refractivity (Wildman–Crippen MR) is 156 cm³/mol. The number of carbonyl (C=O) groups is 2. The normalized spacial score (nSPS) is 21.8. The first-order valence-electron chi connectivity index (χ1n) is 14.5. The van der Waals surface area contributed by atoms with Crippen LogP contribution in [-0.2, 0) is 9.47 Å². The minimum absolute atomic E-state index is 0.0505. The van der Waals surface area contributed by atoms with E-state index in [1.807, 2.05) is 32.9 Å². The van der Waals surface area contributed by atoms with Crippen molar-refractivity contribution in [3.8, 4) is 0 Å². The Morgan fingerprint density at radius 2 is 1.83 bits per heavy atom. The number of halogens is 1. The summed E-state index contributed by atoms with van der Waals surface area (Å²) in [6.45, 7) is 9.05. The zero-order valence-corrected chi connectivity index (χ0v) is 24.2. The third kappa shape index (κ3) is 7.01. The molecule has 0 bridgehead atoms. The lowest BCUT2D eigenvalue weighted by Crippen LogP contribution is -2.42. The first-order chi connectivity index (χ1) is 19.6. The Kier molecular flexibility index (Phi) is 8.54. The quantitative estimate of drug-likeness (QED) is 0.358. The van der Waals surface area contributed by atoms with E-state index in [4.69, 9.17) is 9.47 Å². The Balaban J connectivity index is 1.36. The number of amides is 2. The SMILES string of the molecule is C[C@@H]1C[C@H](NC(=O)OC(C)(C)C)C[C@H](c2ccncc2NC(=O)c2ccc(F)c3cc(C4CCOCC4)cnc23)C1. The highest BCUT2D eigenvalue weighted by Gasteiger charge is 2.31. The van der Waals surface area contributed by atoms with Crippen LogP contribution in [0.25, 0.3) is 10.9 Å². The summed E-state index contributed by atoms with van der Waals surface area (Å²) in [6.07, 6.45) is 8.91. The number of nitrogens with zero attached hydrogens (tertiary/aromatic N) is 2. The molecule has 3 aromatic rings. The number of nitrogens with one attached hydrogen (secondary N) is 2. The Labute approximate surface area is 240 Å². The number of carbonyl (C=O) groups excluding carboxylic acids is 2. The van der Waals surface area contributed by atoms with Crippen molar-refractivity contribution in [2.45, 2.75) is 83.3 Å². The number of aromatic nitrogens is 2. The summed E-state index contributed by atoms with van der Waals surface area (Å²) < 4.78 is 25.9. The maximum absolute atomic E-state index is 14.9. The first kappa shape index (κ1) is 28.9. The maximum Gasteiger partial charge on any atom is 0.407 e. The predicted octanol–water partition coefficient (Wildman–Crippen LogP) is 6.71. The molecule has 2 aromatic heterocycles. The number of benzene rings is 1. The standard InChI is InChI=1S/C32H39FN4O4/c1-19-13-21(15-23(14-19)36-31(39)41-32(2,3)4)24-7-10-34-18-28(24)37-30(38)25-5-6-27(33)26-16-22(17-35-29(25)26)20-8-11-40-12-9-20/h5-7,10,16-21,23H,8-9,11-15H2,1-4H3,(H,36,39)(H,37,38)/t19-,21+,23-/m0/s1. The van der Waals surface area contributed by atoms with E-state index in [9.17, 15) is 14.0 Å². The van der Waals surface area contributed by atoms with Crippen molar-refractivity contribution in [1.29, 1.82) is 0 Å². The van der Waals surface area contributed by atoms with E-state index >= 15 is 0 Å². The van der Waals surface area contributed by atoms with Gasteiger partial charge in [0.15, 0.2) is 0 Å². The topological polar surface area (TPSA) is 102 Å². The molecule has 1 saturated carbocycles. The molecule has 3 heterocycles. The Morgan fingerprint density at radius 1 is 1.05 bits per heavy atom. The van der Waals surface area contributed by atoms with Gasteiger partial charge < -0.3 is 20.1 Å². The zero-order chi connectivity index (χ0) is 29.1. The molecule has 1 aliphatic carbocycles. The summed E-state index contributed by atoms with van der Waals surface area (Å²) in [7, 11) is 0. The Bertz CT molecular complexity index is 1420. The molecule has 2 fully saturated rings. The van der Waals surface area contributed by atoms with Gasteiger partial charge in [0.2, 0.25) is 0 Å². The monoisotopic (exact) mass is 562 g/mol. The number of alkyl carbamates (subject to hydrolysis) is 1. The molecule has 8 nitrogen and oxygen atoms in total. The second kappa shape index (κ2) is 12.1. The summed E-state index contributed by atoms with van der Waals surface area (Å²) in [6, 6.07) is 6.50. The van der Waals surface area contributed by atoms with E-state index in [-0.39, 0.29) is 23.8 Å². The summed E-state index contributed by atoms with van der Waals surface area (Å²) in [5.74, 6) is -0.0488. The highest BCUT2D eigenvalue weighted by atomic mass is 19.1. The van der Waals surface area contributed by atoms with Gasteiger partial charge in [0, 0.05) is 37.0 Å². The number of fused-ring (bicyclic) bond motifs is 1. The summed E-state index contributed by atoms with van der Waals surface area (Å²) in [5, 5.41) is 6.39. The van der Waals surface area contributed by atoms with Crippen molar-refractivity contribution >= 4 is 28.6 Å². The van der Waals surface area contributed by atoms with Gasteiger partial charge in [-0.15, -0.1) is 0 Å². The molecule has 1 saturated heterocycles. The number of pyridine rings is 2. The van der Waals surface area contributed by atoms with E-state index in [2.05, 4.69) is 27.5 Å². The second-order valence-electron chi connectivity index (χ2n) is 12.4. The largest absolute Gasteiger partial charge is 0.444 e. The molecule has 1 aliphatic heterocycles. The van der Waals surface area contributed by atoms with E-state index in [1.165, 1.54) is 12.1 Å². The smallest absolute Gasteiger partial charge is 0.407 e. The molecular weight excluding hydrogens is 523 g/mol. The third-order valence-corrected chi connectivity index (χ3v) is 7.96. The lowest BCUT2D eigenvalue weighted by atomic mass is 9.76. The van der Waals surface area contributed by atoms with Gasteiger partial charge in [0.1, 0.15) is 11.4 Å². The second-order valence-corrected chi connectivity index (χ2v) is 12.4. The van der Waals surface area contributed by atoms with Gasteiger partial charge in [-0.3, -0.25) is 14.8 Å². The molecular formula is C32H39FN4O4. The zero-order valence-electron chi connectivity index (χ0n) is 24.2. The number of rotatable bonds is 5. The number of hydrogen-bond donors (Lipinski definition) is 2. The van der Waals surface area contributed by atoms with Crippen LogP contribution in [0.2, 0.25) is 0 Å². The van der Waals surface area contributed by atoms with E-state index in [0.29, 0.717) is 47.7 Å². The van der Waals surface area contributed by atoms with Crippen LogP contribution in [0.3, 0.4) is 0 Å². The highest BCUT2D eigenvalue weighted by Crippen LogP contribution is 2.39. The molecule has 2 N–H and O–H groups in total. The van der Waals surface area contributed by atoms with Gasteiger partial charge in [-0.1, -0.05) is 6.92 Å². The summed E-state index contributed by atoms with van der Waals surface area (Å²) in [4.78, 5) is 34.8. The molecule has 3 atom stereocenters. The van der Waals surface area contributed by atoms with Crippen LogP contribution in [0.5, 0.6) is 0 Å². The lowest BCUT2D eigenvalue weighted by molar-refractivity contribution is 0.0482. The van der Waals surface area contributed by atoms with Crippen molar-refractivity contribution in [2.75, 3.05) is 18.5 Å². The fourth-order valence-electron chi connectivity index (χ4n) is 6.15. The molecule has 9 heteroatoms. The van der Waals surface area contributed by atoms with E-state index in [1.54, 1.807) is 18.6 Å². The number of hydrogen-bond acceptors (Lipinski definition) is 6. The molecule has 2 aliphatic rings. The van der Waals surface area contributed by atoms with E-state index < -0.39 is 17.5 Å². The molecule has 0 unspecified atom stereocenters. The average Bonchev–Trinajstić information content (AvgIpc) is 2.92. The van der Waals surface area contributed by atoms with Gasteiger partial charge >= 0.3 is 6.09 Å². The minimum atomic E-state index is -0.571. The number of ether oxygens (including phenoxy) is 2. The van der Waals surface area contributed by atoms with Crippen molar-refractivity contribution in [3.63, 3.8) is 0 Å². The molecule has 218 valence electrons. The van der Waals surface area contributed by atoms with Crippen molar-refractivity contribution in [3.05, 3.63) is 65.4 Å². The number of anilines is 1. The summed E-state index contributed by atoms with van der Waals surface area (Å²) >= 11 is 0. The van der Waals surface area contributed by atoms with Crippen LogP contribution in [0.4, 0.5) is 14.9 Å². The van der Waals surface area contributed by atoms with Crippen LogP contribution in [-0.4, -0.2) is 46.8 Å². The van der Waals surface area contributed by atoms with Crippen LogP contribution in [0.15, 0.2) is 42.9 Å². The Morgan fingerprint density at radius 3 is 2.59 bits per heavy atom. The van der Waals surface area contributed by atoms with Gasteiger partial charge in [-0.05, 0) is 106 Å². The molecule has 5 rings (SSSR count). The van der Waals surface area contributed by atoms with Crippen LogP contribution in [0.1, 0.15) is 93.1 Å². The Hall–Kier alpha value is -3.59.